The molecule has 0 spiro atoms. The predicted octanol–water partition coefficient (Wildman–Crippen LogP) is 9.77. The van der Waals surface area contributed by atoms with Crippen LogP contribution in [0.1, 0.15) is 149 Å². The van der Waals surface area contributed by atoms with Crippen LogP contribution in [0, 0.1) is 5.92 Å². The van der Waals surface area contributed by atoms with Crippen LogP contribution in [0.4, 0.5) is 0 Å². The number of esters is 1. The molecule has 0 bridgehead atoms. The number of carbonyl (C=O) groups is 1. The van der Waals surface area contributed by atoms with E-state index in [9.17, 15) is 4.79 Å². The average molecular weight is 490 g/mol. The first kappa shape index (κ1) is 29.9. The van der Waals surface area contributed by atoms with Crippen LogP contribution in [0.15, 0.2) is 0 Å². The molecule has 0 saturated heterocycles. The van der Waals surface area contributed by atoms with Crippen molar-refractivity contribution in [1.29, 1.82) is 0 Å². The molecule has 0 aromatic rings. The Morgan fingerprint density at radius 2 is 1.00 bits per heavy atom. The van der Waals surface area contributed by atoms with Crippen LogP contribution in [0.25, 0.3) is 0 Å². The lowest BCUT2D eigenvalue weighted by atomic mass is 9.94. The standard InChI is InChI=1S/C27H53BrO2/c1-3-5-7-9-11-12-15-19-23-26(22-18-14-10-8-6-4-2)27(29)30-25-21-17-13-16-20-24-28/h26H,3-25H2,1-2H3. The number of ether oxygens (including phenoxy) is 1. The minimum atomic E-state index is 0.0898. The third kappa shape index (κ3) is 21.2. The van der Waals surface area contributed by atoms with Gasteiger partial charge in [0.2, 0.25) is 0 Å². The summed E-state index contributed by atoms with van der Waals surface area (Å²) in [5, 5.41) is 1.10. The molecule has 0 fully saturated rings. The molecule has 0 aliphatic carbocycles. The minimum Gasteiger partial charge on any atom is -0.465 e. The second-order valence-electron chi connectivity index (χ2n) is 9.14. The van der Waals surface area contributed by atoms with Crippen LogP contribution in [-0.4, -0.2) is 17.9 Å². The Morgan fingerprint density at radius 3 is 1.47 bits per heavy atom. The van der Waals surface area contributed by atoms with Crippen molar-refractivity contribution in [2.75, 3.05) is 11.9 Å². The maximum Gasteiger partial charge on any atom is 0.308 e. The SMILES string of the molecule is CCCCCCCCCCC(CCCCCCCC)C(=O)OCCCCCCCBr. The molecule has 0 heterocycles. The highest BCUT2D eigenvalue weighted by molar-refractivity contribution is 9.09. The molecule has 30 heavy (non-hydrogen) atoms. The van der Waals surface area contributed by atoms with E-state index in [1.165, 1.54) is 116 Å². The maximum absolute atomic E-state index is 12.7. The van der Waals surface area contributed by atoms with Gasteiger partial charge in [-0.3, -0.25) is 4.79 Å². The second-order valence-corrected chi connectivity index (χ2v) is 9.93. The van der Waals surface area contributed by atoms with Crippen molar-refractivity contribution < 1.29 is 9.53 Å². The van der Waals surface area contributed by atoms with Crippen molar-refractivity contribution in [2.45, 2.75) is 149 Å². The summed E-state index contributed by atoms with van der Waals surface area (Å²) >= 11 is 3.48. The van der Waals surface area contributed by atoms with Gasteiger partial charge in [-0.05, 0) is 25.7 Å². The smallest absolute Gasteiger partial charge is 0.308 e. The lowest BCUT2D eigenvalue weighted by Crippen LogP contribution is -2.18. The molecule has 2 nitrogen and oxygen atoms in total. The van der Waals surface area contributed by atoms with Crippen LogP contribution in [0.3, 0.4) is 0 Å². The highest BCUT2D eigenvalue weighted by Gasteiger charge is 2.19. The van der Waals surface area contributed by atoms with Crippen molar-refractivity contribution in [1.82, 2.24) is 0 Å². The summed E-state index contributed by atoms with van der Waals surface area (Å²) in [6, 6.07) is 0. The molecule has 0 aliphatic rings. The third-order valence-corrected chi connectivity index (χ3v) is 6.73. The molecule has 0 aromatic carbocycles. The monoisotopic (exact) mass is 488 g/mol. The zero-order chi connectivity index (χ0) is 22.1. The summed E-state index contributed by atoms with van der Waals surface area (Å²) in [5.41, 5.74) is 0. The van der Waals surface area contributed by atoms with E-state index in [0.717, 1.165) is 24.6 Å². The molecule has 0 radical (unpaired) electrons. The minimum absolute atomic E-state index is 0.0898. The number of rotatable bonds is 24. The molecule has 1 atom stereocenters. The number of hydrogen-bond acceptors (Lipinski definition) is 2. The van der Waals surface area contributed by atoms with Crippen molar-refractivity contribution in [2.24, 2.45) is 5.92 Å². The quantitative estimate of drug-likeness (QED) is 0.0766. The highest BCUT2D eigenvalue weighted by atomic mass is 79.9. The fourth-order valence-corrected chi connectivity index (χ4v) is 4.49. The Balaban J connectivity index is 4.02. The maximum atomic E-state index is 12.7. The Kier molecular flexibility index (Phi) is 25.2. The van der Waals surface area contributed by atoms with E-state index >= 15 is 0 Å². The zero-order valence-corrected chi connectivity index (χ0v) is 22.1. The van der Waals surface area contributed by atoms with Gasteiger partial charge in [0, 0.05) is 5.33 Å². The van der Waals surface area contributed by atoms with Gasteiger partial charge in [0.25, 0.3) is 0 Å². The number of carbonyl (C=O) groups excluding carboxylic acids is 1. The summed E-state index contributed by atoms with van der Waals surface area (Å²) in [7, 11) is 0. The molecule has 0 rings (SSSR count). The highest BCUT2D eigenvalue weighted by Crippen LogP contribution is 2.21. The van der Waals surface area contributed by atoms with E-state index in [4.69, 9.17) is 4.74 Å². The van der Waals surface area contributed by atoms with Gasteiger partial charge in [-0.1, -0.05) is 139 Å². The summed E-state index contributed by atoms with van der Waals surface area (Å²) in [5.74, 6) is 0.233. The predicted molar refractivity (Wildman–Crippen MR) is 137 cm³/mol. The fraction of sp³-hybridized carbons (Fsp3) is 0.963. The third-order valence-electron chi connectivity index (χ3n) is 6.17. The van der Waals surface area contributed by atoms with Crippen LogP contribution in [0.2, 0.25) is 0 Å². The van der Waals surface area contributed by atoms with Crippen LogP contribution >= 0.6 is 15.9 Å². The Morgan fingerprint density at radius 1 is 0.600 bits per heavy atom. The Labute approximate surface area is 197 Å². The summed E-state index contributed by atoms with van der Waals surface area (Å²) in [6.45, 7) is 5.16. The van der Waals surface area contributed by atoms with Gasteiger partial charge in [0.05, 0.1) is 12.5 Å². The van der Waals surface area contributed by atoms with Gasteiger partial charge in [0.15, 0.2) is 0 Å². The van der Waals surface area contributed by atoms with Gasteiger partial charge in [0.1, 0.15) is 0 Å². The summed E-state index contributed by atoms with van der Waals surface area (Å²) in [4.78, 5) is 12.7. The molecule has 0 amide bonds. The lowest BCUT2D eigenvalue weighted by molar-refractivity contribution is -0.149. The van der Waals surface area contributed by atoms with Crippen molar-refractivity contribution in [3.63, 3.8) is 0 Å². The largest absolute Gasteiger partial charge is 0.465 e. The first-order valence-electron chi connectivity index (χ1n) is 13.5. The molecule has 3 heteroatoms. The molecular formula is C27H53BrO2. The van der Waals surface area contributed by atoms with Crippen molar-refractivity contribution in [3.05, 3.63) is 0 Å². The summed E-state index contributed by atoms with van der Waals surface area (Å²) in [6.07, 6.45) is 26.4. The first-order valence-corrected chi connectivity index (χ1v) is 14.6. The second kappa shape index (κ2) is 25.2. The first-order chi connectivity index (χ1) is 14.8. The van der Waals surface area contributed by atoms with E-state index in [1.807, 2.05) is 0 Å². The van der Waals surface area contributed by atoms with Gasteiger partial charge < -0.3 is 4.74 Å². The molecule has 0 aromatic heterocycles. The number of unbranched alkanes of at least 4 members (excludes halogenated alkanes) is 16. The normalized spacial score (nSPS) is 12.2. The fourth-order valence-electron chi connectivity index (χ4n) is 4.09. The van der Waals surface area contributed by atoms with Crippen molar-refractivity contribution in [3.8, 4) is 0 Å². The molecule has 0 N–H and O–H groups in total. The van der Waals surface area contributed by atoms with E-state index in [-0.39, 0.29) is 11.9 Å². The van der Waals surface area contributed by atoms with Gasteiger partial charge in [-0.15, -0.1) is 0 Å². The topological polar surface area (TPSA) is 26.3 Å². The molecule has 0 aliphatic heterocycles. The van der Waals surface area contributed by atoms with E-state index in [1.54, 1.807) is 0 Å². The van der Waals surface area contributed by atoms with Crippen LogP contribution in [-0.2, 0) is 9.53 Å². The number of hydrogen-bond donors (Lipinski definition) is 0. The summed E-state index contributed by atoms with van der Waals surface area (Å²) < 4.78 is 5.68. The van der Waals surface area contributed by atoms with E-state index < -0.39 is 0 Å². The van der Waals surface area contributed by atoms with Gasteiger partial charge >= 0.3 is 5.97 Å². The van der Waals surface area contributed by atoms with E-state index in [2.05, 4.69) is 29.8 Å². The Bertz CT molecular complexity index is 346. The molecule has 1 unspecified atom stereocenters. The van der Waals surface area contributed by atoms with Gasteiger partial charge in [-0.25, -0.2) is 0 Å². The molecule has 180 valence electrons. The van der Waals surface area contributed by atoms with Crippen LogP contribution in [0.5, 0.6) is 0 Å². The molecule has 0 saturated carbocycles. The van der Waals surface area contributed by atoms with Crippen LogP contribution < -0.4 is 0 Å². The Hall–Kier alpha value is -0.0500. The van der Waals surface area contributed by atoms with Gasteiger partial charge in [-0.2, -0.15) is 0 Å². The number of halogens is 1. The molecular weight excluding hydrogens is 436 g/mol. The lowest BCUT2D eigenvalue weighted by Gasteiger charge is -2.16. The van der Waals surface area contributed by atoms with E-state index in [0.29, 0.717) is 6.61 Å². The average Bonchev–Trinajstić information content (AvgIpc) is 2.75. The number of alkyl halides is 1. The zero-order valence-electron chi connectivity index (χ0n) is 20.5. The van der Waals surface area contributed by atoms with Crippen molar-refractivity contribution >= 4 is 21.9 Å².